The molecule has 2 amide bonds. The highest BCUT2D eigenvalue weighted by Crippen LogP contribution is 2.20. The molecule has 1 aliphatic rings. The van der Waals surface area contributed by atoms with Crippen molar-refractivity contribution in [2.45, 2.75) is 25.5 Å². The molecule has 1 aliphatic carbocycles. The normalized spacial score (nSPS) is 13.3. The third-order valence-electron chi connectivity index (χ3n) is 3.79. The first-order valence-electron chi connectivity index (χ1n) is 8.14. The second-order valence-corrected chi connectivity index (χ2v) is 6.36. The molecule has 2 aromatic rings. The summed E-state index contributed by atoms with van der Waals surface area (Å²) in [6, 6.07) is 14.4. The molecule has 5 nitrogen and oxygen atoms in total. The van der Waals surface area contributed by atoms with Crippen LogP contribution in [0.1, 0.15) is 28.8 Å². The molecule has 0 radical (unpaired) electrons. The molecule has 0 heterocycles. The number of anilines is 1. The van der Waals surface area contributed by atoms with Gasteiger partial charge in [-0.2, -0.15) is 0 Å². The SMILES string of the molecule is O=C(COCc1ccccc1Cl)Nc1ccc(C(=O)NC2CC2)cc1. The summed E-state index contributed by atoms with van der Waals surface area (Å²) in [7, 11) is 0. The Bertz CT molecular complexity index is 758. The van der Waals surface area contributed by atoms with Crippen molar-refractivity contribution < 1.29 is 14.3 Å². The summed E-state index contributed by atoms with van der Waals surface area (Å²) in [6.45, 7) is 0.197. The van der Waals surface area contributed by atoms with Crippen LogP contribution in [0.3, 0.4) is 0 Å². The topological polar surface area (TPSA) is 67.4 Å². The van der Waals surface area contributed by atoms with Gasteiger partial charge in [0.2, 0.25) is 5.91 Å². The van der Waals surface area contributed by atoms with Crippen LogP contribution < -0.4 is 10.6 Å². The highest BCUT2D eigenvalue weighted by molar-refractivity contribution is 6.31. The zero-order chi connectivity index (χ0) is 17.6. The maximum absolute atomic E-state index is 11.9. The Kier molecular flexibility index (Phi) is 5.68. The van der Waals surface area contributed by atoms with Crippen LogP contribution in [0, 0.1) is 0 Å². The van der Waals surface area contributed by atoms with E-state index in [4.69, 9.17) is 16.3 Å². The van der Waals surface area contributed by atoms with Crippen molar-refractivity contribution >= 4 is 29.1 Å². The molecule has 0 unspecified atom stereocenters. The van der Waals surface area contributed by atoms with E-state index in [2.05, 4.69) is 10.6 Å². The van der Waals surface area contributed by atoms with Gasteiger partial charge >= 0.3 is 0 Å². The molecule has 0 atom stereocenters. The van der Waals surface area contributed by atoms with E-state index in [0.29, 0.717) is 22.3 Å². The molecule has 0 spiro atoms. The van der Waals surface area contributed by atoms with Crippen molar-refractivity contribution in [1.29, 1.82) is 0 Å². The minimum Gasteiger partial charge on any atom is -0.367 e. The average Bonchev–Trinajstić information content (AvgIpc) is 3.41. The van der Waals surface area contributed by atoms with Gasteiger partial charge in [0.1, 0.15) is 6.61 Å². The molecule has 3 rings (SSSR count). The fourth-order valence-corrected chi connectivity index (χ4v) is 2.46. The Hall–Kier alpha value is -2.37. The first kappa shape index (κ1) is 17.5. The lowest BCUT2D eigenvalue weighted by atomic mass is 10.2. The molecule has 0 aromatic heterocycles. The smallest absolute Gasteiger partial charge is 0.251 e. The number of benzene rings is 2. The Morgan fingerprint density at radius 1 is 1.08 bits per heavy atom. The number of amides is 2. The van der Waals surface area contributed by atoms with E-state index in [1.165, 1.54) is 0 Å². The second kappa shape index (κ2) is 8.14. The summed E-state index contributed by atoms with van der Waals surface area (Å²) in [5.41, 5.74) is 2.04. The van der Waals surface area contributed by atoms with Crippen molar-refractivity contribution in [2.75, 3.05) is 11.9 Å². The summed E-state index contributed by atoms with van der Waals surface area (Å²) in [5.74, 6) is -0.342. The molecule has 0 saturated heterocycles. The monoisotopic (exact) mass is 358 g/mol. The van der Waals surface area contributed by atoms with Gasteiger partial charge in [0.15, 0.2) is 0 Å². The van der Waals surface area contributed by atoms with Gasteiger partial charge in [0.05, 0.1) is 6.61 Å². The molecule has 2 aromatic carbocycles. The maximum atomic E-state index is 11.9. The highest BCUT2D eigenvalue weighted by Gasteiger charge is 2.23. The number of hydrogen-bond donors (Lipinski definition) is 2. The first-order chi connectivity index (χ1) is 12.1. The number of carbonyl (C=O) groups excluding carboxylic acids is 2. The van der Waals surface area contributed by atoms with E-state index in [1.807, 2.05) is 18.2 Å². The average molecular weight is 359 g/mol. The summed E-state index contributed by atoms with van der Waals surface area (Å²) in [4.78, 5) is 23.8. The van der Waals surface area contributed by atoms with Gasteiger partial charge in [0.25, 0.3) is 5.91 Å². The molecule has 1 saturated carbocycles. The molecular weight excluding hydrogens is 340 g/mol. The third-order valence-corrected chi connectivity index (χ3v) is 4.16. The van der Waals surface area contributed by atoms with Crippen molar-refractivity contribution in [2.24, 2.45) is 0 Å². The van der Waals surface area contributed by atoms with Gasteiger partial charge in [0, 0.05) is 22.3 Å². The Morgan fingerprint density at radius 3 is 2.48 bits per heavy atom. The number of rotatable bonds is 7. The van der Waals surface area contributed by atoms with E-state index in [0.717, 1.165) is 18.4 Å². The van der Waals surface area contributed by atoms with E-state index in [-0.39, 0.29) is 25.0 Å². The first-order valence-corrected chi connectivity index (χ1v) is 8.51. The quantitative estimate of drug-likeness (QED) is 0.797. The van der Waals surface area contributed by atoms with E-state index in [9.17, 15) is 9.59 Å². The van der Waals surface area contributed by atoms with Crippen LogP contribution in [-0.4, -0.2) is 24.5 Å². The Labute approximate surface area is 151 Å². The van der Waals surface area contributed by atoms with Crippen molar-refractivity contribution in [1.82, 2.24) is 5.32 Å². The molecular formula is C19H19ClN2O3. The van der Waals surface area contributed by atoms with E-state index in [1.54, 1.807) is 30.3 Å². The number of hydrogen-bond acceptors (Lipinski definition) is 3. The van der Waals surface area contributed by atoms with Crippen LogP contribution in [0.25, 0.3) is 0 Å². The standard InChI is InChI=1S/C19H19ClN2O3/c20-17-4-2-1-3-14(17)11-25-12-18(23)21-15-7-5-13(6-8-15)19(24)22-16-9-10-16/h1-8,16H,9-12H2,(H,21,23)(H,22,24). The molecule has 1 fully saturated rings. The maximum Gasteiger partial charge on any atom is 0.251 e. The lowest BCUT2D eigenvalue weighted by molar-refractivity contribution is -0.121. The zero-order valence-electron chi connectivity index (χ0n) is 13.6. The van der Waals surface area contributed by atoms with Gasteiger partial charge in [-0.15, -0.1) is 0 Å². The second-order valence-electron chi connectivity index (χ2n) is 5.96. The largest absolute Gasteiger partial charge is 0.367 e. The molecule has 0 bridgehead atoms. The number of halogens is 1. The summed E-state index contributed by atoms with van der Waals surface area (Å²) < 4.78 is 5.39. The van der Waals surface area contributed by atoms with Crippen molar-refractivity contribution in [3.63, 3.8) is 0 Å². The lowest BCUT2D eigenvalue weighted by Crippen LogP contribution is -2.25. The Morgan fingerprint density at radius 2 is 1.80 bits per heavy atom. The predicted octanol–water partition coefficient (Wildman–Crippen LogP) is 3.39. The van der Waals surface area contributed by atoms with E-state index < -0.39 is 0 Å². The van der Waals surface area contributed by atoms with Crippen LogP contribution in [0.2, 0.25) is 5.02 Å². The molecule has 0 aliphatic heterocycles. The highest BCUT2D eigenvalue weighted by atomic mass is 35.5. The zero-order valence-corrected chi connectivity index (χ0v) is 14.4. The van der Waals surface area contributed by atoms with Crippen molar-refractivity contribution in [3.8, 4) is 0 Å². The van der Waals surface area contributed by atoms with Gasteiger partial charge in [-0.1, -0.05) is 29.8 Å². The molecule has 6 heteroatoms. The van der Waals surface area contributed by atoms with Crippen LogP contribution in [-0.2, 0) is 16.1 Å². The summed E-state index contributed by atoms with van der Waals surface area (Å²) >= 11 is 6.03. The molecule has 25 heavy (non-hydrogen) atoms. The van der Waals surface area contributed by atoms with Crippen LogP contribution in [0.5, 0.6) is 0 Å². The van der Waals surface area contributed by atoms with Gasteiger partial charge in [-0.05, 0) is 48.7 Å². The van der Waals surface area contributed by atoms with Crippen LogP contribution in [0.4, 0.5) is 5.69 Å². The van der Waals surface area contributed by atoms with Gasteiger partial charge in [-0.3, -0.25) is 9.59 Å². The minimum atomic E-state index is -0.262. The number of carbonyl (C=O) groups is 2. The molecule has 2 N–H and O–H groups in total. The fraction of sp³-hybridized carbons (Fsp3) is 0.263. The van der Waals surface area contributed by atoms with Crippen LogP contribution in [0.15, 0.2) is 48.5 Å². The fourth-order valence-electron chi connectivity index (χ4n) is 2.27. The Balaban J connectivity index is 1.44. The minimum absolute atomic E-state index is 0.0743. The summed E-state index contributed by atoms with van der Waals surface area (Å²) in [5, 5.41) is 6.27. The number of nitrogens with one attached hydrogen (secondary N) is 2. The van der Waals surface area contributed by atoms with E-state index >= 15 is 0 Å². The predicted molar refractivity (Wildman–Crippen MR) is 96.7 cm³/mol. The number of ether oxygens (including phenoxy) is 1. The van der Waals surface area contributed by atoms with Gasteiger partial charge in [-0.25, -0.2) is 0 Å². The third kappa shape index (κ3) is 5.31. The molecule has 130 valence electrons. The van der Waals surface area contributed by atoms with Gasteiger partial charge < -0.3 is 15.4 Å². The van der Waals surface area contributed by atoms with Crippen LogP contribution >= 0.6 is 11.6 Å². The lowest BCUT2D eigenvalue weighted by Gasteiger charge is -2.08. The summed E-state index contributed by atoms with van der Waals surface area (Å²) in [6.07, 6.45) is 2.10. The van der Waals surface area contributed by atoms with Crippen molar-refractivity contribution in [3.05, 3.63) is 64.7 Å².